The van der Waals surface area contributed by atoms with E-state index in [4.69, 9.17) is 4.74 Å². The maximum Gasteiger partial charge on any atom is 0.335 e. The van der Waals surface area contributed by atoms with Crippen molar-refractivity contribution >= 4 is 17.0 Å². The Morgan fingerprint density at radius 3 is 3.21 bits per heavy atom. The summed E-state index contributed by atoms with van der Waals surface area (Å²) in [5.41, 5.74) is 1.67. The summed E-state index contributed by atoms with van der Waals surface area (Å²) < 4.78 is 4.94. The third-order valence-electron chi connectivity index (χ3n) is 1.78. The van der Waals surface area contributed by atoms with Gasteiger partial charge in [-0.3, -0.25) is 0 Å². The highest BCUT2D eigenvalue weighted by Gasteiger charge is 2.01. The summed E-state index contributed by atoms with van der Waals surface area (Å²) in [5.74, 6) is 0.00974. The van der Waals surface area contributed by atoms with Crippen molar-refractivity contribution in [1.29, 1.82) is 0 Å². The number of fused-ring (bicyclic) bond motifs is 1. The minimum absolute atomic E-state index is 0.469. The largest absolute Gasteiger partial charge is 0.423 e. The normalized spacial score (nSPS) is 10.0. The van der Waals surface area contributed by atoms with Crippen molar-refractivity contribution < 1.29 is 9.53 Å². The van der Waals surface area contributed by atoms with Crippen LogP contribution in [0.5, 0.6) is 5.75 Å². The van der Waals surface area contributed by atoms with Crippen molar-refractivity contribution in [2.45, 2.75) is 0 Å². The number of carbonyl (C=O) groups excluding carboxylic acids is 1. The Hall–Kier alpha value is -2.10. The number of ether oxygens (including phenoxy) is 1. The number of imidazole rings is 1. The predicted molar refractivity (Wildman–Crippen MR) is 51.9 cm³/mol. The van der Waals surface area contributed by atoms with Crippen LogP contribution in [-0.2, 0) is 4.79 Å². The summed E-state index contributed by atoms with van der Waals surface area (Å²) >= 11 is 0. The summed E-state index contributed by atoms with van der Waals surface area (Å²) in [4.78, 5) is 17.9. The number of aromatic nitrogens is 2. The van der Waals surface area contributed by atoms with E-state index in [2.05, 4.69) is 16.5 Å². The van der Waals surface area contributed by atoms with Crippen molar-refractivity contribution in [3.05, 3.63) is 37.2 Å². The molecular weight excluding hydrogens is 180 g/mol. The van der Waals surface area contributed by atoms with Gasteiger partial charge in [0, 0.05) is 12.1 Å². The van der Waals surface area contributed by atoms with E-state index in [9.17, 15) is 4.79 Å². The number of nitrogens with zero attached hydrogens (tertiary/aromatic N) is 1. The zero-order valence-electron chi connectivity index (χ0n) is 7.36. The number of hydrogen-bond acceptors (Lipinski definition) is 3. The lowest BCUT2D eigenvalue weighted by atomic mass is 10.3. The molecule has 2 aromatic rings. The highest BCUT2D eigenvalue weighted by atomic mass is 16.5. The van der Waals surface area contributed by atoms with Crippen LogP contribution in [0.25, 0.3) is 11.0 Å². The van der Waals surface area contributed by atoms with Gasteiger partial charge in [-0.05, 0) is 12.1 Å². The smallest absolute Gasteiger partial charge is 0.335 e. The predicted octanol–water partition coefficient (Wildman–Crippen LogP) is 1.65. The molecule has 0 amide bonds. The topological polar surface area (TPSA) is 55.0 Å². The van der Waals surface area contributed by atoms with Crippen LogP contribution < -0.4 is 4.74 Å². The minimum atomic E-state index is -0.469. The first-order valence-corrected chi connectivity index (χ1v) is 4.07. The van der Waals surface area contributed by atoms with E-state index in [1.165, 1.54) is 0 Å². The molecule has 70 valence electrons. The average molecular weight is 188 g/mol. The molecule has 0 bridgehead atoms. The Labute approximate surface area is 80.2 Å². The van der Waals surface area contributed by atoms with Gasteiger partial charge < -0.3 is 9.72 Å². The number of benzene rings is 1. The molecule has 0 atom stereocenters. The standard InChI is InChI=1S/C10H8N2O2/c1-2-10(13)14-7-3-4-8-9(5-7)12-6-11-8/h2-6H,1H2,(H,11,12). The van der Waals surface area contributed by atoms with E-state index in [0.29, 0.717) is 5.75 Å². The molecule has 0 fully saturated rings. The van der Waals surface area contributed by atoms with E-state index >= 15 is 0 Å². The average Bonchev–Trinajstić information content (AvgIpc) is 2.64. The number of carbonyl (C=O) groups is 1. The number of esters is 1. The maximum absolute atomic E-state index is 10.9. The second-order valence-electron chi connectivity index (χ2n) is 2.71. The third-order valence-corrected chi connectivity index (χ3v) is 1.78. The summed E-state index contributed by atoms with van der Waals surface area (Å²) in [5, 5.41) is 0. The van der Waals surface area contributed by atoms with Gasteiger partial charge in [0.1, 0.15) is 5.75 Å². The molecule has 0 radical (unpaired) electrons. The van der Waals surface area contributed by atoms with Gasteiger partial charge in [-0.15, -0.1) is 0 Å². The summed E-state index contributed by atoms with van der Waals surface area (Å²) in [6.07, 6.45) is 2.71. The molecule has 1 heterocycles. The van der Waals surface area contributed by atoms with Crippen LogP contribution >= 0.6 is 0 Å². The molecule has 0 aliphatic rings. The Morgan fingerprint density at radius 1 is 1.57 bits per heavy atom. The zero-order valence-corrected chi connectivity index (χ0v) is 7.36. The molecule has 0 aliphatic heterocycles. The molecule has 4 heteroatoms. The molecule has 4 nitrogen and oxygen atoms in total. The number of aromatic amines is 1. The zero-order chi connectivity index (χ0) is 9.97. The van der Waals surface area contributed by atoms with E-state index < -0.39 is 5.97 Å². The number of rotatable bonds is 2. The summed E-state index contributed by atoms with van der Waals surface area (Å²) in [6.45, 7) is 3.31. The molecule has 0 saturated carbocycles. The fourth-order valence-electron chi connectivity index (χ4n) is 1.14. The first-order valence-electron chi connectivity index (χ1n) is 4.07. The lowest BCUT2D eigenvalue weighted by Crippen LogP contribution is -2.02. The van der Waals surface area contributed by atoms with Gasteiger partial charge >= 0.3 is 5.97 Å². The van der Waals surface area contributed by atoms with Gasteiger partial charge in [-0.25, -0.2) is 9.78 Å². The van der Waals surface area contributed by atoms with Gasteiger partial charge in [0.2, 0.25) is 0 Å². The molecule has 2 rings (SSSR count). The molecular formula is C10H8N2O2. The number of H-pyrrole nitrogens is 1. The highest BCUT2D eigenvalue weighted by molar-refractivity contribution is 5.84. The Bertz CT molecular complexity index is 488. The highest BCUT2D eigenvalue weighted by Crippen LogP contribution is 2.17. The number of hydrogen-bond donors (Lipinski definition) is 1. The van der Waals surface area contributed by atoms with E-state index in [1.807, 2.05) is 0 Å². The lowest BCUT2D eigenvalue weighted by Gasteiger charge is -1.99. The fraction of sp³-hybridized carbons (Fsp3) is 0. The van der Waals surface area contributed by atoms with Crippen molar-refractivity contribution in [2.24, 2.45) is 0 Å². The van der Waals surface area contributed by atoms with Crippen molar-refractivity contribution in [3.8, 4) is 5.75 Å². The molecule has 0 aliphatic carbocycles. The van der Waals surface area contributed by atoms with Crippen LogP contribution in [0.1, 0.15) is 0 Å². The molecule has 0 saturated heterocycles. The van der Waals surface area contributed by atoms with Crippen molar-refractivity contribution in [3.63, 3.8) is 0 Å². The van der Waals surface area contributed by atoms with Crippen molar-refractivity contribution in [2.75, 3.05) is 0 Å². The molecule has 1 aromatic carbocycles. The molecule has 0 unspecified atom stereocenters. The van der Waals surface area contributed by atoms with Gasteiger partial charge in [0.15, 0.2) is 0 Å². The van der Waals surface area contributed by atoms with Crippen LogP contribution in [0.3, 0.4) is 0 Å². The monoisotopic (exact) mass is 188 g/mol. The van der Waals surface area contributed by atoms with Crippen LogP contribution in [-0.4, -0.2) is 15.9 Å². The van der Waals surface area contributed by atoms with Crippen molar-refractivity contribution in [1.82, 2.24) is 9.97 Å². The molecule has 1 N–H and O–H groups in total. The van der Waals surface area contributed by atoms with Gasteiger partial charge in [0.25, 0.3) is 0 Å². The second-order valence-corrected chi connectivity index (χ2v) is 2.71. The Balaban J connectivity index is 2.34. The Kier molecular flexibility index (Phi) is 2.02. The molecule has 1 aromatic heterocycles. The molecule has 14 heavy (non-hydrogen) atoms. The van der Waals surface area contributed by atoms with Crippen LogP contribution in [0, 0.1) is 0 Å². The first-order chi connectivity index (χ1) is 6.79. The van der Waals surface area contributed by atoms with Gasteiger partial charge in [0.05, 0.1) is 17.4 Å². The van der Waals surface area contributed by atoms with E-state index in [1.54, 1.807) is 24.5 Å². The first kappa shape index (κ1) is 8.50. The fourth-order valence-corrected chi connectivity index (χ4v) is 1.14. The third kappa shape index (κ3) is 1.50. The SMILES string of the molecule is C=CC(=O)Oc1ccc2nc[nH]c2c1. The van der Waals surface area contributed by atoms with E-state index in [-0.39, 0.29) is 0 Å². The maximum atomic E-state index is 10.9. The van der Waals surface area contributed by atoms with E-state index in [0.717, 1.165) is 17.1 Å². The van der Waals surface area contributed by atoms with Crippen LogP contribution in [0.2, 0.25) is 0 Å². The quantitative estimate of drug-likeness (QED) is 0.443. The number of nitrogens with one attached hydrogen (secondary N) is 1. The second kappa shape index (κ2) is 3.33. The van der Waals surface area contributed by atoms with Gasteiger partial charge in [-0.1, -0.05) is 6.58 Å². The van der Waals surface area contributed by atoms with Gasteiger partial charge in [-0.2, -0.15) is 0 Å². The Morgan fingerprint density at radius 2 is 2.43 bits per heavy atom. The van der Waals surface area contributed by atoms with Crippen LogP contribution in [0.4, 0.5) is 0 Å². The molecule has 0 spiro atoms. The summed E-state index contributed by atoms with van der Waals surface area (Å²) in [7, 11) is 0. The van der Waals surface area contributed by atoms with Crippen LogP contribution in [0.15, 0.2) is 37.2 Å². The minimum Gasteiger partial charge on any atom is -0.423 e. The summed E-state index contributed by atoms with van der Waals surface area (Å²) in [6, 6.07) is 5.17. The lowest BCUT2D eigenvalue weighted by molar-refractivity contribution is -0.128.